The fraction of sp³-hybridized carbons (Fsp3) is 0.643. The molecule has 2 saturated heterocycles. The summed E-state index contributed by atoms with van der Waals surface area (Å²) in [5, 5.41) is 0. The molecule has 1 aliphatic carbocycles. The van der Waals surface area contributed by atoms with Crippen molar-refractivity contribution in [2.24, 2.45) is 5.92 Å². The van der Waals surface area contributed by atoms with Crippen LogP contribution in [0, 0.1) is 5.92 Å². The van der Waals surface area contributed by atoms with Gasteiger partial charge in [0.15, 0.2) is 12.4 Å². The van der Waals surface area contributed by atoms with Gasteiger partial charge in [-0.25, -0.2) is 0 Å². The molecule has 2 aliphatic heterocycles. The Labute approximate surface area is 226 Å². The summed E-state index contributed by atoms with van der Waals surface area (Å²) in [4.78, 5) is 50.8. The van der Waals surface area contributed by atoms with Gasteiger partial charge in [0.2, 0.25) is 12.3 Å². The zero-order chi connectivity index (χ0) is 28.1. The summed E-state index contributed by atoms with van der Waals surface area (Å²) in [6.45, 7) is 3.95. The van der Waals surface area contributed by atoms with Crippen LogP contribution in [-0.2, 0) is 23.9 Å². The molecule has 1 atom stereocenters. The van der Waals surface area contributed by atoms with Gasteiger partial charge in [0.25, 0.3) is 0 Å². The number of carbonyl (C=O) groups is 4. The summed E-state index contributed by atoms with van der Waals surface area (Å²) in [6, 6.07) is 5.60. The molecule has 1 aromatic rings. The molecule has 38 heavy (non-hydrogen) atoms. The maximum atomic E-state index is 12.2. The normalized spacial score (nSPS) is 19.7. The van der Waals surface area contributed by atoms with E-state index in [0.717, 1.165) is 62.6 Å². The molecule has 0 unspecified atom stereocenters. The number of cyclic esters (lactones) is 1. The van der Waals surface area contributed by atoms with E-state index in [0.29, 0.717) is 31.0 Å². The van der Waals surface area contributed by atoms with Gasteiger partial charge in [-0.3, -0.25) is 19.2 Å². The summed E-state index contributed by atoms with van der Waals surface area (Å²) in [5.74, 6) is 1.30. The van der Waals surface area contributed by atoms with Crippen LogP contribution in [-0.4, -0.2) is 102 Å². The first-order valence-corrected chi connectivity index (χ1v) is 13.4. The van der Waals surface area contributed by atoms with Crippen LogP contribution >= 0.6 is 0 Å². The molecule has 1 saturated carbocycles. The molecule has 212 valence electrons. The average Bonchev–Trinajstić information content (AvgIpc) is 3.38. The highest BCUT2D eigenvalue weighted by Gasteiger charge is 2.27. The summed E-state index contributed by atoms with van der Waals surface area (Å²) >= 11 is 0. The lowest BCUT2D eigenvalue weighted by atomic mass is 9.88. The average molecular weight is 533 g/mol. The summed E-state index contributed by atoms with van der Waals surface area (Å²) < 4.78 is 9.64. The number of piperazine rings is 1. The SMILES string of the molecule is CN1CCN(C(=O)C2CCCCC2)CC1.COc1ccc(N(C)C=O)c(N(C)C)c1.O=C[C@@H]1CCC(=O)O1. The first-order chi connectivity index (χ1) is 18.2. The van der Waals surface area contributed by atoms with Crippen LogP contribution in [0.1, 0.15) is 44.9 Å². The molecule has 2 amide bonds. The topological polar surface area (TPSA) is 99.7 Å². The molecule has 10 heteroatoms. The minimum absolute atomic E-state index is 0.262. The van der Waals surface area contributed by atoms with Crippen molar-refractivity contribution >= 4 is 35.9 Å². The molecule has 0 spiro atoms. The van der Waals surface area contributed by atoms with E-state index < -0.39 is 6.10 Å². The van der Waals surface area contributed by atoms with Gasteiger partial charge in [-0.15, -0.1) is 0 Å². The first kappa shape index (κ1) is 31.1. The third-order valence-corrected chi connectivity index (χ3v) is 7.04. The fourth-order valence-corrected chi connectivity index (χ4v) is 4.62. The third-order valence-electron chi connectivity index (χ3n) is 7.04. The molecule has 3 aliphatic rings. The molecule has 0 bridgehead atoms. The van der Waals surface area contributed by atoms with E-state index in [9.17, 15) is 19.2 Å². The number of anilines is 2. The van der Waals surface area contributed by atoms with E-state index in [2.05, 4.69) is 21.6 Å². The summed E-state index contributed by atoms with van der Waals surface area (Å²) in [6.07, 6.45) is 8.03. The van der Waals surface area contributed by atoms with E-state index in [1.54, 1.807) is 14.2 Å². The molecule has 3 fully saturated rings. The predicted molar refractivity (Wildman–Crippen MR) is 148 cm³/mol. The zero-order valence-corrected chi connectivity index (χ0v) is 23.6. The number of benzene rings is 1. The van der Waals surface area contributed by atoms with Gasteiger partial charge in [0.05, 0.1) is 18.5 Å². The number of nitrogens with zero attached hydrogens (tertiary/aromatic N) is 4. The summed E-state index contributed by atoms with van der Waals surface area (Å²) in [5.41, 5.74) is 1.81. The van der Waals surface area contributed by atoms with Crippen molar-refractivity contribution in [3.63, 3.8) is 0 Å². The van der Waals surface area contributed by atoms with Crippen LogP contribution in [0.2, 0.25) is 0 Å². The van der Waals surface area contributed by atoms with E-state index in [4.69, 9.17) is 4.74 Å². The lowest BCUT2D eigenvalue weighted by molar-refractivity contribution is -0.144. The highest BCUT2D eigenvalue weighted by Crippen LogP contribution is 2.30. The van der Waals surface area contributed by atoms with Crippen LogP contribution in [0.3, 0.4) is 0 Å². The highest BCUT2D eigenvalue weighted by atomic mass is 16.6. The third kappa shape index (κ3) is 9.63. The Morgan fingerprint density at radius 1 is 1.00 bits per heavy atom. The lowest BCUT2D eigenvalue weighted by Crippen LogP contribution is -2.49. The number of esters is 1. The molecule has 2 heterocycles. The molecule has 0 radical (unpaired) electrons. The van der Waals surface area contributed by atoms with Gasteiger partial charge >= 0.3 is 5.97 Å². The second-order valence-electron chi connectivity index (χ2n) is 10.1. The Bertz CT molecular complexity index is 911. The number of ether oxygens (including phenoxy) is 2. The molecule has 10 nitrogen and oxygen atoms in total. The largest absolute Gasteiger partial charge is 0.497 e. The maximum absolute atomic E-state index is 12.2. The molecule has 4 rings (SSSR count). The number of amides is 2. The minimum Gasteiger partial charge on any atom is -0.497 e. The van der Waals surface area contributed by atoms with Crippen molar-refractivity contribution in [3.05, 3.63) is 18.2 Å². The van der Waals surface area contributed by atoms with Crippen molar-refractivity contribution in [2.75, 3.05) is 71.3 Å². The highest BCUT2D eigenvalue weighted by molar-refractivity contribution is 5.84. The second kappa shape index (κ2) is 16.0. The van der Waals surface area contributed by atoms with Crippen LogP contribution < -0.4 is 14.5 Å². The van der Waals surface area contributed by atoms with Crippen LogP contribution in [0.5, 0.6) is 5.75 Å². The minimum atomic E-state index is -0.456. The van der Waals surface area contributed by atoms with Crippen molar-refractivity contribution in [1.29, 1.82) is 0 Å². The van der Waals surface area contributed by atoms with Crippen molar-refractivity contribution in [2.45, 2.75) is 51.0 Å². The Hall–Kier alpha value is -3.14. The Kier molecular flexibility index (Phi) is 13.1. The Morgan fingerprint density at radius 2 is 1.66 bits per heavy atom. The van der Waals surface area contributed by atoms with Gasteiger partial charge in [-0.2, -0.15) is 0 Å². The standard InChI is InChI=1S/C12H22N2O.C11H16N2O2.C5H6O3/c1-13-7-9-14(10-8-13)12(15)11-5-3-2-4-6-11;1-12(2)11-7-9(15-4)5-6-10(11)13(3)8-14;6-3-4-1-2-5(7)8-4/h11H,2-10H2,1H3;5-8H,1-4H3;3-4H,1-2H2/t;;4-/m..0/s1. The molecular formula is C28H44N4O6. The number of hydrogen-bond donors (Lipinski definition) is 0. The zero-order valence-electron chi connectivity index (χ0n) is 23.6. The fourth-order valence-electron chi connectivity index (χ4n) is 4.62. The van der Waals surface area contributed by atoms with Gasteiger partial charge in [-0.1, -0.05) is 19.3 Å². The van der Waals surface area contributed by atoms with E-state index in [1.165, 1.54) is 24.2 Å². The number of likely N-dealkylation sites (N-methyl/N-ethyl adjacent to an activating group) is 1. The van der Waals surface area contributed by atoms with Crippen molar-refractivity contribution < 1.29 is 28.7 Å². The van der Waals surface area contributed by atoms with Crippen LogP contribution in [0.4, 0.5) is 11.4 Å². The number of carbonyl (C=O) groups excluding carboxylic acids is 4. The molecule has 1 aromatic carbocycles. The lowest BCUT2D eigenvalue weighted by Gasteiger charge is -2.35. The quantitative estimate of drug-likeness (QED) is 0.407. The Morgan fingerprint density at radius 3 is 2.13 bits per heavy atom. The van der Waals surface area contributed by atoms with Crippen LogP contribution in [0.25, 0.3) is 0 Å². The molecule has 0 aromatic heterocycles. The van der Waals surface area contributed by atoms with Gasteiger partial charge in [0.1, 0.15) is 5.75 Å². The molecule has 0 N–H and O–H groups in total. The first-order valence-electron chi connectivity index (χ1n) is 13.4. The monoisotopic (exact) mass is 532 g/mol. The molecular weight excluding hydrogens is 488 g/mol. The van der Waals surface area contributed by atoms with Gasteiger partial charge in [0, 0.05) is 72.1 Å². The second-order valence-corrected chi connectivity index (χ2v) is 10.1. The van der Waals surface area contributed by atoms with Crippen molar-refractivity contribution in [1.82, 2.24) is 9.80 Å². The van der Waals surface area contributed by atoms with E-state index >= 15 is 0 Å². The number of hydrogen-bond acceptors (Lipinski definition) is 8. The summed E-state index contributed by atoms with van der Waals surface area (Å²) in [7, 11) is 9.33. The maximum Gasteiger partial charge on any atom is 0.306 e. The number of rotatable bonds is 6. The van der Waals surface area contributed by atoms with Gasteiger partial charge < -0.3 is 29.1 Å². The number of methoxy groups -OCH3 is 1. The number of aldehydes is 1. The van der Waals surface area contributed by atoms with Gasteiger partial charge in [-0.05, 0) is 32.0 Å². The Balaban J connectivity index is 0.000000210. The smallest absolute Gasteiger partial charge is 0.306 e. The van der Waals surface area contributed by atoms with Crippen molar-refractivity contribution in [3.8, 4) is 5.75 Å². The van der Waals surface area contributed by atoms with E-state index in [-0.39, 0.29) is 5.97 Å². The predicted octanol–water partition coefficient (Wildman–Crippen LogP) is 2.59. The van der Waals surface area contributed by atoms with E-state index in [1.807, 2.05) is 37.2 Å². The van der Waals surface area contributed by atoms with Crippen LogP contribution in [0.15, 0.2) is 18.2 Å².